The van der Waals surface area contributed by atoms with Crippen LogP contribution in [0.3, 0.4) is 0 Å². The molecule has 22 heavy (non-hydrogen) atoms. The summed E-state index contributed by atoms with van der Waals surface area (Å²) in [5.41, 5.74) is 2.76. The monoisotopic (exact) mass is 337 g/mol. The molecule has 0 aliphatic rings. The van der Waals surface area contributed by atoms with Crippen molar-refractivity contribution in [2.24, 2.45) is 0 Å². The summed E-state index contributed by atoms with van der Waals surface area (Å²) >= 11 is 11.8. The number of ether oxygens (including phenoxy) is 1. The highest BCUT2D eigenvalue weighted by Gasteiger charge is 2.15. The van der Waals surface area contributed by atoms with E-state index in [0.717, 1.165) is 11.1 Å². The van der Waals surface area contributed by atoms with Crippen LogP contribution in [0, 0.1) is 13.8 Å². The van der Waals surface area contributed by atoms with Gasteiger partial charge in [-0.15, -0.1) is 0 Å². The first-order valence-corrected chi connectivity index (χ1v) is 7.61. The zero-order chi connectivity index (χ0) is 16.3. The molecule has 0 aliphatic carbocycles. The molecule has 0 spiro atoms. The van der Waals surface area contributed by atoms with Crippen LogP contribution in [0.4, 0.5) is 5.69 Å². The molecule has 0 radical (unpaired) electrons. The summed E-state index contributed by atoms with van der Waals surface area (Å²) in [6.07, 6.45) is -0.629. The highest BCUT2D eigenvalue weighted by Crippen LogP contribution is 2.25. The van der Waals surface area contributed by atoms with Gasteiger partial charge < -0.3 is 10.1 Å². The van der Waals surface area contributed by atoms with Crippen molar-refractivity contribution in [3.05, 3.63) is 57.6 Å². The zero-order valence-electron chi connectivity index (χ0n) is 12.6. The molecule has 0 saturated heterocycles. The number of halogens is 2. The fraction of sp³-hybridized carbons (Fsp3) is 0.235. The number of hydrogen-bond donors (Lipinski definition) is 1. The molecule has 0 unspecified atom stereocenters. The molecule has 0 aliphatic heterocycles. The molecular weight excluding hydrogens is 321 g/mol. The van der Waals surface area contributed by atoms with Crippen molar-refractivity contribution >= 4 is 34.8 Å². The number of aryl methyl sites for hydroxylation is 2. The number of nitrogens with one attached hydrogen (secondary N) is 1. The Bertz CT molecular complexity index is 681. The van der Waals surface area contributed by atoms with Crippen LogP contribution in [0.5, 0.6) is 5.75 Å². The SMILES string of the molecule is Cc1cc(C)cc(O[C@H](C)C(=O)Nc2ccc(Cl)c(Cl)c2)c1. The maximum atomic E-state index is 12.2. The Kier molecular flexibility index (Phi) is 5.33. The van der Waals surface area contributed by atoms with E-state index in [0.29, 0.717) is 21.5 Å². The van der Waals surface area contributed by atoms with Gasteiger partial charge in [0, 0.05) is 5.69 Å². The van der Waals surface area contributed by atoms with Gasteiger partial charge >= 0.3 is 0 Å². The minimum atomic E-state index is -0.629. The van der Waals surface area contributed by atoms with E-state index < -0.39 is 6.10 Å². The van der Waals surface area contributed by atoms with Gasteiger partial charge in [-0.3, -0.25) is 4.79 Å². The Morgan fingerprint density at radius 3 is 2.27 bits per heavy atom. The fourth-order valence-electron chi connectivity index (χ4n) is 2.08. The second-order valence-electron chi connectivity index (χ2n) is 5.20. The van der Waals surface area contributed by atoms with E-state index in [-0.39, 0.29) is 5.91 Å². The number of amides is 1. The first kappa shape index (κ1) is 16.7. The first-order valence-electron chi connectivity index (χ1n) is 6.86. The van der Waals surface area contributed by atoms with Gasteiger partial charge in [0.15, 0.2) is 6.10 Å². The molecule has 0 fully saturated rings. The Labute approximate surface area is 140 Å². The topological polar surface area (TPSA) is 38.3 Å². The number of hydrogen-bond acceptors (Lipinski definition) is 2. The first-order chi connectivity index (χ1) is 10.3. The third-order valence-corrected chi connectivity index (χ3v) is 3.80. The number of rotatable bonds is 4. The summed E-state index contributed by atoms with van der Waals surface area (Å²) in [6, 6.07) is 10.8. The molecule has 0 saturated carbocycles. The van der Waals surface area contributed by atoms with Gasteiger partial charge in [0.25, 0.3) is 5.91 Å². The summed E-state index contributed by atoms with van der Waals surface area (Å²) < 4.78 is 5.69. The van der Waals surface area contributed by atoms with Crippen molar-refractivity contribution in [2.75, 3.05) is 5.32 Å². The third-order valence-electron chi connectivity index (χ3n) is 3.06. The lowest BCUT2D eigenvalue weighted by Gasteiger charge is -2.16. The van der Waals surface area contributed by atoms with Crippen LogP contribution in [0.1, 0.15) is 18.1 Å². The molecule has 1 atom stereocenters. The van der Waals surface area contributed by atoms with Crippen LogP contribution in [0.15, 0.2) is 36.4 Å². The van der Waals surface area contributed by atoms with Crippen molar-refractivity contribution in [1.29, 1.82) is 0 Å². The molecule has 2 rings (SSSR count). The van der Waals surface area contributed by atoms with E-state index in [2.05, 4.69) is 5.32 Å². The van der Waals surface area contributed by atoms with Gasteiger partial charge in [0.05, 0.1) is 10.0 Å². The molecule has 1 amide bonds. The van der Waals surface area contributed by atoms with Gasteiger partial charge in [-0.1, -0.05) is 29.3 Å². The number of carbonyl (C=O) groups excluding carboxylic acids is 1. The second-order valence-corrected chi connectivity index (χ2v) is 6.02. The fourth-order valence-corrected chi connectivity index (χ4v) is 2.37. The molecule has 2 aromatic rings. The maximum Gasteiger partial charge on any atom is 0.265 e. The van der Waals surface area contributed by atoms with Gasteiger partial charge in [0.2, 0.25) is 0 Å². The molecule has 3 nitrogen and oxygen atoms in total. The standard InChI is InChI=1S/C17H17Cl2NO2/c1-10-6-11(2)8-14(7-10)22-12(3)17(21)20-13-4-5-15(18)16(19)9-13/h4-9,12H,1-3H3,(H,20,21)/t12-/m1/s1. The average molecular weight is 338 g/mol. The predicted octanol–water partition coefficient (Wildman–Crippen LogP) is 5.02. The second kappa shape index (κ2) is 7.03. The summed E-state index contributed by atoms with van der Waals surface area (Å²) in [6.45, 7) is 5.67. The van der Waals surface area contributed by atoms with Crippen LogP contribution in [0.25, 0.3) is 0 Å². The number of benzene rings is 2. The van der Waals surface area contributed by atoms with Crippen molar-refractivity contribution in [2.45, 2.75) is 26.9 Å². The quantitative estimate of drug-likeness (QED) is 0.850. The lowest BCUT2D eigenvalue weighted by molar-refractivity contribution is -0.122. The molecular formula is C17H17Cl2NO2. The van der Waals surface area contributed by atoms with E-state index in [9.17, 15) is 4.79 Å². The van der Waals surface area contributed by atoms with Gasteiger partial charge in [0.1, 0.15) is 5.75 Å². The summed E-state index contributed by atoms with van der Waals surface area (Å²) in [7, 11) is 0. The molecule has 1 N–H and O–H groups in total. The van der Waals surface area contributed by atoms with Crippen molar-refractivity contribution < 1.29 is 9.53 Å². The summed E-state index contributed by atoms with van der Waals surface area (Å²) in [5.74, 6) is 0.423. The highest BCUT2D eigenvalue weighted by atomic mass is 35.5. The lowest BCUT2D eigenvalue weighted by atomic mass is 10.1. The average Bonchev–Trinajstić information content (AvgIpc) is 2.41. The molecule has 116 valence electrons. The molecule has 0 aromatic heterocycles. The Morgan fingerprint density at radius 2 is 1.68 bits per heavy atom. The van der Waals surface area contributed by atoms with Gasteiger partial charge in [-0.2, -0.15) is 0 Å². The molecule has 5 heteroatoms. The number of carbonyl (C=O) groups is 1. The molecule has 2 aromatic carbocycles. The van der Waals surface area contributed by atoms with Crippen LogP contribution >= 0.6 is 23.2 Å². The van der Waals surface area contributed by atoms with E-state index in [1.807, 2.05) is 32.0 Å². The lowest BCUT2D eigenvalue weighted by Crippen LogP contribution is -2.30. The van der Waals surface area contributed by atoms with Crippen molar-refractivity contribution in [3.63, 3.8) is 0 Å². The highest BCUT2D eigenvalue weighted by molar-refractivity contribution is 6.42. The van der Waals surface area contributed by atoms with Gasteiger partial charge in [-0.25, -0.2) is 0 Å². The Hall–Kier alpha value is -1.71. The zero-order valence-corrected chi connectivity index (χ0v) is 14.1. The van der Waals surface area contributed by atoms with E-state index >= 15 is 0 Å². The van der Waals surface area contributed by atoms with E-state index in [1.165, 1.54) is 0 Å². The van der Waals surface area contributed by atoms with Crippen LogP contribution in [-0.2, 0) is 4.79 Å². The number of anilines is 1. The summed E-state index contributed by atoms with van der Waals surface area (Å²) in [5, 5.41) is 3.59. The summed E-state index contributed by atoms with van der Waals surface area (Å²) in [4.78, 5) is 12.2. The van der Waals surface area contributed by atoms with Crippen molar-refractivity contribution in [1.82, 2.24) is 0 Å². The largest absolute Gasteiger partial charge is 0.481 e. The normalized spacial score (nSPS) is 11.9. The maximum absolute atomic E-state index is 12.2. The minimum Gasteiger partial charge on any atom is -0.481 e. The Balaban J connectivity index is 2.04. The van der Waals surface area contributed by atoms with Crippen molar-refractivity contribution in [3.8, 4) is 5.75 Å². The predicted molar refractivity (Wildman–Crippen MR) is 91.1 cm³/mol. The van der Waals surface area contributed by atoms with Crippen LogP contribution < -0.4 is 10.1 Å². The van der Waals surface area contributed by atoms with E-state index in [4.69, 9.17) is 27.9 Å². The molecule has 0 heterocycles. The molecule has 0 bridgehead atoms. The minimum absolute atomic E-state index is 0.252. The van der Waals surface area contributed by atoms with E-state index in [1.54, 1.807) is 25.1 Å². The third kappa shape index (κ3) is 4.39. The van der Waals surface area contributed by atoms with Crippen LogP contribution in [0.2, 0.25) is 10.0 Å². The Morgan fingerprint density at radius 1 is 1.05 bits per heavy atom. The van der Waals surface area contributed by atoms with Gasteiger partial charge in [-0.05, 0) is 62.2 Å². The van der Waals surface area contributed by atoms with Crippen LogP contribution in [-0.4, -0.2) is 12.0 Å². The smallest absolute Gasteiger partial charge is 0.265 e.